The quantitative estimate of drug-likeness (QED) is 0.437. The first kappa shape index (κ1) is 19.3. The van der Waals surface area contributed by atoms with Gasteiger partial charge in [-0.05, 0) is 43.3 Å². The minimum absolute atomic E-state index is 0.0402. The molecule has 2 aromatic carbocycles. The Balaban J connectivity index is 1.56. The van der Waals surface area contributed by atoms with Crippen LogP contribution in [0.1, 0.15) is 17.3 Å². The number of carbonyl (C=O) groups is 2. The summed E-state index contributed by atoms with van der Waals surface area (Å²) in [6.07, 6.45) is 0. The fourth-order valence-corrected chi connectivity index (χ4v) is 3.20. The van der Waals surface area contributed by atoms with Gasteiger partial charge < -0.3 is 5.32 Å². The van der Waals surface area contributed by atoms with E-state index in [1.165, 1.54) is 18.7 Å². The minimum Gasteiger partial charge on any atom is -0.325 e. The third-order valence-electron chi connectivity index (χ3n) is 3.68. The van der Waals surface area contributed by atoms with Crippen molar-refractivity contribution < 1.29 is 9.59 Å². The third kappa shape index (κ3) is 5.48. The Hall–Kier alpha value is -2.51. The van der Waals surface area contributed by atoms with Crippen LogP contribution in [0.4, 0.5) is 5.69 Å². The highest BCUT2D eigenvalue weighted by atomic mass is 79.9. The second-order valence-corrected chi connectivity index (χ2v) is 7.65. The molecular weight excluding hydrogens is 426 g/mol. The van der Waals surface area contributed by atoms with E-state index < -0.39 is 0 Å². The number of ketones is 1. The summed E-state index contributed by atoms with van der Waals surface area (Å²) in [6, 6.07) is 18.4. The largest absolute Gasteiger partial charge is 0.325 e. The molecule has 1 heterocycles. The predicted octanol–water partition coefficient (Wildman–Crippen LogP) is 4.84. The fraction of sp³-hybridized carbons (Fsp3) is 0.100. The molecule has 0 aliphatic carbocycles. The van der Waals surface area contributed by atoms with Crippen molar-refractivity contribution >= 4 is 45.1 Å². The van der Waals surface area contributed by atoms with Crippen LogP contribution in [0.5, 0.6) is 0 Å². The molecule has 0 spiro atoms. The number of aromatic nitrogens is 2. The van der Waals surface area contributed by atoms with E-state index in [0.29, 0.717) is 16.3 Å². The van der Waals surface area contributed by atoms with Gasteiger partial charge in [-0.15, -0.1) is 10.2 Å². The lowest BCUT2D eigenvalue weighted by Gasteiger charge is -2.06. The number of nitrogens with zero attached hydrogens (tertiary/aromatic N) is 2. The average molecular weight is 442 g/mol. The number of thioether (sulfide) groups is 1. The number of benzene rings is 2. The molecule has 0 saturated heterocycles. The lowest BCUT2D eigenvalue weighted by atomic mass is 10.1. The molecule has 0 aliphatic rings. The van der Waals surface area contributed by atoms with Crippen LogP contribution in [-0.2, 0) is 4.79 Å². The van der Waals surface area contributed by atoms with E-state index in [9.17, 15) is 9.59 Å². The van der Waals surface area contributed by atoms with Crippen molar-refractivity contribution in [2.24, 2.45) is 0 Å². The topological polar surface area (TPSA) is 72.0 Å². The predicted molar refractivity (Wildman–Crippen MR) is 111 cm³/mol. The molecule has 3 aromatic rings. The number of hydrogen-bond acceptors (Lipinski definition) is 5. The van der Waals surface area contributed by atoms with Crippen LogP contribution in [0, 0.1) is 0 Å². The Kier molecular flexibility index (Phi) is 6.36. The van der Waals surface area contributed by atoms with Gasteiger partial charge in [0.2, 0.25) is 5.91 Å². The summed E-state index contributed by atoms with van der Waals surface area (Å²) in [6.45, 7) is 1.49. The number of Topliss-reactive ketones (excluding diaryl/α,β-unsaturated/α-hetero) is 1. The molecule has 0 atom stereocenters. The van der Waals surface area contributed by atoms with E-state index in [1.54, 1.807) is 24.3 Å². The molecule has 0 saturated carbocycles. The molecule has 0 unspecified atom stereocenters. The zero-order valence-corrected chi connectivity index (χ0v) is 16.9. The Morgan fingerprint density at radius 2 is 1.81 bits per heavy atom. The number of amides is 1. The number of carbonyl (C=O) groups excluding carboxylic acids is 2. The summed E-state index contributed by atoms with van der Waals surface area (Å²) in [4.78, 5) is 23.5. The highest BCUT2D eigenvalue weighted by molar-refractivity contribution is 9.10. The van der Waals surface area contributed by atoms with E-state index in [-0.39, 0.29) is 17.4 Å². The van der Waals surface area contributed by atoms with Crippen molar-refractivity contribution in [2.45, 2.75) is 11.9 Å². The van der Waals surface area contributed by atoms with Gasteiger partial charge >= 0.3 is 0 Å². The summed E-state index contributed by atoms with van der Waals surface area (Å²) >= 11 is 4.71. The van der Waals surface area contributed by atoms with E-state index in [2.05, 4.69) is 31.4 Å². The lowest BCUT2D eigenvalue weighted by molar-refractivity contribution is -0.113. The zero-order valence-electron chi connectivity index (χ0n) is 14.5. The molecule has 136 valence electrons. The van der Waals surface area contributed by atoms with Gasteiger partial charge in [-0.3, -0.25) is 9.59 Å². The van der Waals surface area contributed by atoms with Crippen molar-refractivity contribution in [3.05, 3.63) is 70.7 Å². The number of anilines is 1. The maximum absolute atomic E-state index is 12.1. The summed E-state index contributed by atoms with van der Waals surface area (Å²) in [5, 5.41) is 11.8. The Morgan fingerprint density at radius 1 is 1.04 bits per heavy atom. The van der Waals surface area contributed by atoms with Gasteiger partial charge in [0.15, 0.2) is 5.78 Å². The van der Waals surface area contributed by atoms with Gasteiger partial charge in [0.05, 0.1) is 11.4 Å². The normalized spacial score (nSPS) is 10.4. The van der Waals surface area contributed by atoms with Gasteiger partial charge in [-0.1, -0.05) is 52.0 Å². The van der Waals surface area contributed by atoms with E-state index >= 15 is 0 Å². The van der Waals surface area contributed by atoms with Crippen LogP contribution in [0.15, 0.2) is 70.2 Å². The van der Waals surface area contributed by atoms with Crippen molar-refractivity contribution in [1.82, 2.24) is 10.2 Å². The summed E-state index contributed by atoms with van der Waals surface area (Å²) in [5.74, 6) is -0.00234. The average Bonchev–Trinajstić information content (AvgIpc) is 2.68. The van der Waals surface area contributed by atoms with E-state index in [1.807, 2.05) is 36.4 Å². The Morgan fingerprint density at radius 3 is 2.48 bits per heavy atom. The first-order valence-electron chi connectivity index (χ1n) is 8.14. The summed E-state index contributed by atoms with van der Waals surface area (Å²) < 4.78 is 1.01. The fourth-order valence-electron chi connectivity index (χ4n) is 2.32. The Labute approximate surface area is 169 Å². The maximum Gasteiger partial charge on any atom is 0.234 e. The monoisotopic (exact) mass is 441 g/mol. The highest BCUT2D eigenvalue weighted by Gasteiger charge is 2.07. The maximum atomic E-state index is 12.1. The van der Waals surface area contributed by atoms with E-state index in [4.69, 9.17) is 0 Å². The molecule has 0 bridgehead atoms. The van der Waals surface area contributed by atoms with Crippen molar-refractivity contribution in [2.75, 3.05) is 11.1 Å². The van der Waals surface area contributed by atoms with Gasteiger partial charge in [0.25, 0.3) is 0 Å². The van der Waals surface area contributed by atoms with Crippen LogP contribution in [0.25, 0.3) is 11.3 Å². The zero-order chi connectivity index (χ0) is 19.2. The van der Waals surface area contributed by atoms with Crippen LogP contribution in [-0.4, -0.2) is 27.6 Å². The number of halogens is 1. The van der Waals surface area contributed by atoms with Crippen molar-refractivity contribution in [3.8, 4) is 11.3 Å². The number of hydrogen-bond donors (Lipinski definition) is 1. The molecule has 1 amide bonds. The molecule has 0 fully saturated rings. The number of nitrogens with one attached hydrogen (secondary N) is 1. The minimum atomic E-state index is -0.167. The highest BCUT2D eigenvalue weighted by Crippen LogP contribution is 2.22. The van der Waals surface area contributed by atoms with Crippen LogP contribution in [0.3, 0.4) is 0 Å². The standard InChI is InChI=1S/C20H16BrN3O2S/c1-13(25)15-3-2-4-17(11-15)22-19(26)12-27-20-10-9-18(23-24-20)14-5-7-16(21)8-6-14/h2-11H,12H2,1H3,(H,22,26). The van der Waals surface area contributed by atoms with Gasteiger partial charge in [0, 0.05) is 21.3 Å². The third-order valence-corrected chi connectivity index (χ3v) is 5.13. The Bertz CT molecular complexity index is 960. The van der Waals surface area contributed by atoms with Gasteiger partial charge in [-0.25, -0.2) is 0 Å². The van der Waals surface area contributed by atoms with Gasteiger partial charge in [0.1, 0.15) is 5.03 Å². The molecular formula is C20H16BrN3O2S. The number of rotatable bonds is 6. The second-order valence-electron chi connectivity index (χ2n) is 5.74. The summed E-state index contributed by atoms with van der Waals surface area (Å²) in [7, 11) is 0. The van der Waals surface area contributed by atoms with Crippen LogP contribution >= 0.6 is 27.7 Å². The first-order chi connectivity index (χ1) is 13.0. The molecule has 5 nitrogen and oxygen atoms in total. The molecule has 3 rings (SSSR count). The molecule has 0 radical (unpaired) electrons. The lowest BCUT2D eigenvalue weighted by Crippen LogP contribution is -2.14. The second kappa shape index (κ2) is 8.92. The van der Waals surface area contributed by atoms with Gasteiger partial charge in [-0.2, -0.15) is 0 Å². The summed E-state index contributed by atoms with van der Waals surface area (Å²) in [5.41, 5.74) is 2.92. The van der Waals surface area contributed by atoms with Crippen molar-refractivity contribution in [1.29, 1.82) is 0 Å². The van der Waals surface area contributed by atoms with Crippen LogP contribution < -0.4 is 5.32 Å². The molecule has 27 heavy (non-hydrogen) atoms. The first-order valence-corrected chi connectivity index (χ1v) is 9.92. The molecule has 7 heteroatoms. The SMILES string of the molecule is CC(=O)c1cccc(NC(=O)CSc2ccc(-c3ccc(Br)cc3)nn2)c1. The smallest absolute Gasteiger partial charge is 0.234 e. The molecule has 0 aliphatic heterocycles. The van der Waals surface area contributed by atoms with E-state index in [0.717, 1.165) is 15.7 Å². The molecule has 1 N–H and O–H groups in total. The van der Waals surface area contributed by atoms with Crippen molar-refractivity contribution in [3.63, 3.8) is 0 Å². The van der Waals surface area contributed by atoms with Crippen LogP contribution in [0.2, 0.25) is 0 Å². The molecule has 1 aromatic heterocycles.